The number of nitrogens with one attached hydrogen (secondary N) is 1. The largest absolute Gasteiger partial charge is 0.375 e. The van der Waals surface area contributed by atoms with E-state index in [1.165, 1.54) is 7.11 Å². The molecule has 0 radical (unpaired) electrons. The molecular weight excluding hydrogens is 312 g/mol. The van der Waals surface area contributed by atoms with Gasteiger partial charge in [-0.25, -0.2) is 4.79 Å². The summed E-state index contributed by atoms with van der Waals surface area (Å²) in [4.78, 5) is 42.0. The molecule has 0 aromatic heterocycles. The molecule has 2 rings (SSSR count). The summed E-state index contributed by atoms with van der Waals surface area (Å²) >= 11 is 0. The van der Waals surface area contributed by atoms with Crippen LogP contribution < -0.4 is 5.32 Å². The fourth-order valence-corrected chi connectivity index (χ4v) is 3.51. The molecule has 8 heteroatoms. The lowest BCUT2D eigenvalue weighted by molar-refractivity contribution is -0.136. The van der Waals surface area contributed by atoms with Crippen molar-refractivity contribution in [3.05, 3.63) is 0 Å². The number of amides is 4. The highest BCUT2D eigenvalue weighted by Gasteiger charge is 2.47. The Morgan fingerprint density at radius 2 is 1.83 bits per heavy atom. The van der Waals surface area contributed by atoms with E-state index >= 15 is 0 Å². The van der Waals surface area contributed by atoms with Crippen molar-refractivity contribution in [2.24, 2.45) is 5.41 Å². The number of hydrogen-bond donors (Lipinski definition) is 1. The average molecular weight is 340 g/mol. The fourth-order valence-electron chi connectivity index (χ4n) is 3.51. The van der Waals surface area contributed by atoms with E-state index in [0.29, 0.717) is 39.1 Å². The number of likely N-dealkylation sites (tertiary alicyclic amines) is 1. The van der Waals surface area contributed by atoms with Crippen molar-refractivity contribution in [1.29, 1.82) is 0 Å². The van der Waals surface area contributed by atoms with Gasteiger partial charge in [-0.3, -0.25) is 9.59 Å². The molecule has 0 unspecified atom stereocenters. The third-order valence-electron chi connectivity index (χ3n) is 4.54. The minimum Gasteiger partial charge on any atom is -0.375 e. The lowest BCUT2D eigenvalue weighted by Crippen LogP contribution is -2.49. The molecule has 2 aliphatic rings. The number of methoxy groups -OCH3 is 1. The molecular formula is C16H28N4O4. The van der Waals surface area contributed by atoms with Crippen molar-refractivity contribution < 1.29 is 19.1 Å². The van der Waals surface area contributed by atoms with Crippen LogP contribution in [0.15, 0.2) is 0 Å². The van der Waals surface area contributed by atoms with Crippen LogP contribution in [0.25, 0.3) is 0 Å². The Balaban J connectivity index is 2.20. The topological polar surface area (TPSA) is 82.2 Å². The van der Waals surface area contributed by atoms with Gasteiger partial charge in [0.05, 0.1) is 0 Å². The molecule has 2 aliphatic heterocycles. The van der Waals surface area contributed by atoms with Crippen molar-refractivity contribution >= 4 is 17.8 Å². The number of nitrogens with zero attached hydrogens (tertiary/aromatic N) is 3. The van der Waals surface area contributed by atoms with Crippen LogP contribution in [-0.4, -0.2) is 92.1 Å². The molecule has 1 spiro atoms. The van der Waals surface area contributed by atoms with Gasteiger partial charge in [0.2, 0.25) is 11.8 Å². The van der Waals surface area contributed by atoms with Crippen LogP contribution in [0.4, 0.5) is 4.79 Å². The first-order valence-electron chi connectivity index (χ1n) is 8.32. The van der Waals surface area contributed by atoms with Gasteiger partial charge in [0.1, 0.15) is 6.61 Å². The normalized spacial score (nSPS) is 24.7. The first kappa shape index (κ1) is 18.5. The summed E-state index contributed by atoms with van der Waals surface area (Å²) in [6.45, 7) is 6.22. The van der Waals surface area contributed by atoms with Gasteiger partial charge in [0.25, 0.3) is 0 Å². The molecule has 0 aromatic carbocycles. The Hall–Kier alpha value is -1.83. The number of hydrogen-bond acceptors (Lipinski definition) is 4. The number of carbonyl (C=O) groups excluding carboxylic acids is 3. The Bertz CT molecular complexity index is 510. The monoisotopic (exact) mass is 340 g/mol. The molecule has 136 valence electrons. The Kier molecular flexibility index (Phi) is 5.69. The standard InChI is InChI=1S/C16H28N4O4/c1-12(2)17-15(23)20-6-5-19(14(22)8-24-4)10-16(11-20)7-13(21)18(3)9-16/h12H,5-11H2,1-4H3,(H,17,23)/t16-/m1/s1. The zero-order chi connectivity index (χ0) is 17.9. The second kappa shape index (κ2) is 7.38. The van der Waals surface area contributed by atoms with Crippen LogP contribution in [0.2, 0.25) is 0 Å². The van der Waals surface area contributed by atoms with Gasteiger partial charge in [-0.05, 0) is 13.8 Å². The predicted molar refractivity (Wildman–Crippen MR) is 88.4 cm³/mol. The van der Waals surface area contributed by atoms with E-state index in [0.717, 1.165) is 0 Å². The first-order valence-corrected chi connectivity index (χ1v) is 8.32. The summed E-state index contributed by atoms with van der Waals surface area (Å²) < 4.78 is 4.96. The van der Waals surface area contributed by atoms with Crippen LogP contribution in [0.1, 0.15) is 20.3 Å². The SMILES string of the molecule is COCC(=O)N1CCN(C(=O)NC(C)C)C[C@@]2(CC(=O)N(C)C2)C1. The van der Waals surface area contributed by atoms with Gasteiger partial charge in [-0.1, -0.05) is 0 Å². The second-order valence-electron chi connectivity index (χ2n) is 7.20. The van der Waals surface area contributed by atoms with Gasteiger partial charge < -0.3 is 24.8 Å². The zero-order valence-electron chi connectivity index (χ0n) is 15.0. The maximum Gasteiger partial charge on any atom is 0.317 e. The fraction of sp³-hybridized carbons (Fsp3) is 0.812. The average Bonchev–Trinajstić information content (AvgIpc) is 2.66. The van der Waals surface area contributed by atoms with Gasteiger partial charge >= 0.3 is 6.03 Å². The predicted octanol–water partition coefficient (Wildman–Crippen LogP) is -0.256. The zero-order valence-corrected chi connectivity index (χ0v) is 15.0. The molecule has 2 heterocycles. The van der Waals surface area contributed by atoms with Crippen molar-refractivity contribution in [3.8, 4) is 0 Å². The highest BCUT2D eigenvalue weighted by atomic mass is 16.5. The quantitative estimate of drug-likeness (QED) is 0.768. The minimum absolute atomic E-state index is 0.0120. The molecule has 0 saturated carbocycles. The minimum atomic E-state index is -0.417. The van der Waals surface area contributed by atoms with E-state index in [4.69, 9.17) is 4.74 Å². The van der Waals surface area contributed by atoms with E-state index < -0.39 is 5.41 Å². The molecule has 2 saturated heterocycles. The molecule has 24 heavy (non-hydrogen) atoms. The Morgan fingerprint density at radius 1 is 1.21 bits per heavy atom. The Labute approximate surface area is 143 Å². The van der Waals surface area contributed by atoms with Crippen molar-refractivity contribution in [3.63, 3.8) is 0 Å². The molecule has 0 bridgehead atoms. The van der Waals surface area contributed by atoms with Crippen molar-refractivity contribution in [2.45, 2.75) is 26.3 Å². The Morgan fingerprint density at radius 3 is 2.38 bits per heavy atom. The number of ether oxygens (including phenoxy) is 1. The van der Waals surface area contributed by atoms with E-state index in [-0.39, 0.29) is 30.5 Å². The molecule has 1 N–H and O–H groups in total. The summed E-state index contributed by atoms with van der Waals surface area (Å²) in [5, 5.41) is 2.90. The van der Waals surface area contributed by atoms with Gasteiger partial charge in [-0.2, -0.15) is 0 Å². The van der Waals surface area contributed by atoms with Crippen molar-refractivity contribution in [2.75, 3.05) is 53.5 Å². The number of rotatable bonds is 3. The van der Waals surface area contributed by atoms with Crippen LogP contribution >= 0.6 is 0 Å². The highest BCUT2D eigenvalue weighted by molar-refractivity contribution is 5.81. The molecule has 4 amide bonds. The molecule has 1 atom stereocenters. The van der Waals surface area contributed by atoms with Gasteiger partial charge in [0.15, 0.2) is 0 Å². The number of carbonyl (C=O) groups is 3. The third-order valence-corrected chi connectivity index (χ3v) is 4.54. The van der Waals surface area contributed by atoms with Crippen LogP contribution in [0.5, 0.6) is 0 Å². The summed E-state index contributed by atoms with van der Waals surface area (Å²) in [5.74, 6) is -0.0507. The second-order valence-corrected chi connectivity index (χ2v) is 7.20. The van der Waals surface area contributed by atoms with E-state index in [2.05, 4.69) is 5.32 Å². The molecule has 0 aliphatic carbocycles. The first-order chi connectivity index (χ1) is 11.3. The third kappa shape index (κ3) is 4.17. The maximum absolute atomic E-state index is 12.5. The summed E-state index contributed by atoms with van der Waals surface area (Å²) in [6.07, 6.45) is 0.353. The molecule has 2 fully saturated rings. The lowest BCUT2D eigenvalue weighted by Gasteiger charge is -2.33. The van der Waals surface area contributed by atoms with Crippen LogP contribution in [0, 0.1) is 5.41 Å². The molecule has 0 aromatic rings. The van der Waals surface area contributed by atoms with Crippen LogP contribution in [0.3, 0.4) is 0 Å². The van der Waals surface area contributed by atoms with Gasteiger partial charge in [0, 0.05) is 64.8 Å². The van der Waals surface area contributed by atoms with Crippen LogP contribution in [-0.2, 0) is 14.3 Å². The maximum atomic E-state index is 12.5. The lowest BCUT2D eigenvalue weighted by atomic mass is 9.86. The highest BCUT2D eigenvalue weighted by Crippen LogP contribution is 2.34. The van der Waals surface area contributed by atoms with E-state index in [9.17, 15) is 14.4 Å². The van der Waals surface area contributed by atoms with E-state index in [1.807, 2.05) is 13.8 Å². The van der Waals surface area contributed by atoms with Gasteiger partial charge in [-0.15, -0.1) is 0 Å². The molecule has 8 nitrogen and oxygen atoms in total. The summed E-state index contributed by atoms with van der Waals surface area (Å²) in [7, 11) is 3.25. The van der Waals surface area contributed by atoms with Crippen molar-refractivity contribution in [1.82, 2.24) is 20.0 Å². The number of urea groups is 1. The van der Waals surface area contributed by atoms with E-state index in [1.54, 1.807) is 21.7 Å². The summed E-state index contributed by atoms with van der Waals surface area (Å²) in [5.41, 5.74) is -0.417. The smallest absolute Gasteiger partial charge is 0.317 e. The summed E-state index contributed by atoms with van der Waals surface area (Å²) in [6, 6.07) is -0.108.